The molecule has 4 aromatic rings. The number of aromatic amines is 1. The lowest BCUT2D eigenvalue weighted by atomic mass is 9.95. The molecule has 184 valence electrons. The SMILES string of the molecule is CC(=O)N[C@@H](Cc1cc(F)cc(F)c1)c1nc(C#CC(C)(C)O)ccc1-c1cnc2[nH]ccc2c1F. The Hall–Kier alpha value is -4.16. The van der Waals surface area contributed by atoms with E-state index in [9.17, 15) is 18.7 Å². The van der Waals surface area contributed by atoms with Crippen LogP contribution in [0.1, 0.15) is 43.8 Å². The molecule has 1 amide bonds. The van der Waals surface area contributed by atoms with Gasteiger partial charge in [0.15, 0.2) is 0 Å². The Balaban J connectivity index is 1.91. The highest BCUT2D eigenvalue weighted by Gasteiger charge is 2.24. The van der Waals surface area contributed by atoms with Gasteiger partial charge in [-0.25, -0.2) is 23.1 Å². The lowest BCUT2D eigenvalue weighted by molar-refractivity contribution is -0.119. The summed E-state index contributed by atoms with van der Waals surface area (Å²) < 4.78 is 43.3. The number of halogens is 3. The van der Waals surface area contributed by atoms with E-state index in [4.69, 9.17) is 0 Å². The first-order chi connectivity index (χ1) is 17.0. The van der Waals surface area contributed by atoms with Gasteiger partial charge in [0.25, 0.3) is 0 Å². The van der Waals surface area contributed by atoms with Crippen molar-refractivity contribution in [3.05, 3.63) is 83.2 Å². The predicted molar refractivity (Wildman–Crippen MR) is 129 cm³/mol. The summed E-state index contributed by atoms with van der Waals surface area (Å²) in [4.78, 5) is 23.8. The van der Waals surface area contributed by atoms with E-state index in [0.717, 1.165) is 18.2 Å². The van der Waals surface area contributed by atoms with Crippen molar-refractivity contribution in [3.8, 4) is 23.0 Å². The van der Waals surface area contributed by atoms with Crippen molar-refractivity contribution in [3.63, 3.8) is 0 Å². The summed E-state index contributed by atoms with van der Waals surface area (Å²) in [5, 5.41) is 13.0. The monoisotopic (exact) mass is 492 g/mol. The molecule has 4 rings (SSSR count). The number of rotatable bonds is 5. The van der Waals surface area contributed by atoms with Crippen LogP contribution in [0.2, 0.25) is 0 Å². The maximum atomic E-state index is 15.5. The number of carbonyl (C=O) groups excluding carboxylic acids is 1. The Morgan fingerprint density at radius 2 is 1.86 bits per heavy atom. The molecule has 0 saturated heterocycles. The summed E-state index contributed by atoms with van der Waals surface area (Å²) in [7, 11) is 0. The molecular weight excluding hydrogens is 469 g/mol. The summed E-state index contributed by atoms with van der Waals surface area (Å²) in [6.07, 6.45) is 2.89. The van der Waals surface area contributed by atoms with E-state index in [1.165, 1.54) is 27.0 Å². The molecule has 0 radical (unpaired) electrons. The quantitative estimate of drug-likeness (QED) is 0.356. The Labute approximate surface area is 205 Å². The van der Waals surface area contributed by atoms with Gasteiger partial charge in [-0.15, -0.1) is 0 Å². The number of aromatic nitrogens is 3. The van der Waals surface area contributed by atoms with Crippen LogP contribution in [0.25, 0.3) is 22.2 Å². The number of fused-ring (bicyclic) bond motifs is 1. The highest BCUT2D eigenvalue weighted by molar-refractivity contribution is 5.83. The van der Waals surface area contributed by atoms with Gasteiger partial charge in [-0.3, -0.25) is 4.79 Å². The predicted octanol–water partition coefficient (Wildman–Crippen LogP) is 4.58. The number of amides is 1. The second-order valence-corrected chi connectivity index (χ2v) is 8.90. The number of hydrogen-bond acceptors (Lipinski definition) is 4. The van der Waals surface area contributed by atoms with Crippen molar-refractivity contribution in [2.45, 2.75) is 38.8 Å². The molecule has 0 aliphatic carbocycles. The van der Waals surface area contributed by atoms with Gasteiger partial charge < -0.3 is 15.4 Å². The smallest absolute Gasteiger partial charge is 0.217 e. The second-order valence-electron chi connectivity index (χ2n) is 8.90. The number of nitrogens with zero attached hydrogens (tertiary/aromatic N) is 2. The first kappa shape index (κ1) is 24.9. The molecule has 3 N–H and O–H groups in total. The van der Waals surface area contributed by atoms with Crippen molar-refractivity contribution in [1.29, 1.82) is 0 Å². The van der Waals surface area contributed by atoms with Crippen LogP contribution < -0.4 is 5.32 Å². The maximum absolute atomic E-state index is 15.5. The molecule has 6 nitrogen and oxygen atoms in total. The van der Waals surface area contributed by atoms with Gasteiger partial charge in [0.1, 0.15) is 34.4 Å². The van der Waals surface area contributed by atoms with Gasteiger partial charge in [0.05, 0.1) is 17.1 Å². The maximum Gasteiger partial charge on any atom is 0.217 e. The highest BCUT2D eigenvalue weighted by atomic mass is 19.1. The first-order valence-electron chi connectivity index (χ1n) is 11.1. The Kier molecular flexibility index (Phi) is 6.82. The molecule has 0 saturated carbocycles. The second kappa shape index (κ2) is 9.84. The molecule has 0 spiro atoms. The minimum atomic E-state index is -1.29. The van der Waals surface area contributed by atoms with E-state index in [-0.39, 0.29) is 34.3 Å². The fourth-order valence-corrected chi connectivity index (χ4v) is 3.84. The van der Waals surface area contributed by atoms with E-state index in [2.05, 4.69) is 32.1 Å². The normalized spacial score (nSPS) is 12.2. The standard InChI is InChI=1S/C27H23F3N4O2/c1-15(35)33-23(12-16-10-17(28)13-18(29)11-16)25-20(5-4-19(34-25)6-8-27(2,3)36)22-14-32-26-21(24(22)30)7-9-31-26/h4-5,7,9-11,13-14,23,36H,12H2,1-3H3,(H,31,32)(H,33,35)/t23-/m0/s1. The molecule has 3 aromatic heterocycles. The third-order valence-electron chi connectivity index (χ3n) is 5.30. The molecule has 0 unspecified atom stereocenters. The van der Waals surface area contributed by atoms with Gasteiger partial charge in [-0.2, -0.15) is 0 Å². The van der Waals surface area contributed by atoms with E-state index in [0.29, 0.717) is 11.2 Å². The van der Waals surface area contributed by atoms with Crippen LogP contribution in [0.15, 0.2) is 48.8 Å². The number of benzene rings is 1. The van der Waals surface area contributed by atoms with Crippen LogP contribution in [-0.4, -0.2) is 31.6 Å². The highest BCUT2D eigenvalue weighted by Crippen LogP contribution is 2.33. The summed E-state index contributed by atoms with van der Waals surface area (Å²) >= 11 is 0. The number of aliphatic hydroxyl groups is 1. The topological polar surface area (TPSA) is 90.9 Å². The van der Waals surface area contributed by atoms with Gasteiger partial charge in [0.2, 0.25) is 5.91 Å². The fourth-order valence-electron chi connectivity index (χ4n) is 3.84. The lowest BCUT2D eigenvalue weighted by Crippen LogP contribution is -2.29. The van der Waals surface area contributed by atoms with Crippen molar-refractivity contribution in [2.75, 3.05) is 0 Å². The number of hydrogen-bond donors (Lipinski definition) is 3. The third-order valence-corrected chi connectivity index (χ3v) is 5.30. The molecule has 0 aliphatic heterocycles. The number of nitrogens with one attached hydrogen (secondary N) is 2. The van der Waals surface area contributed by atoms with Crippen molar-refractivity contribution >= 4 is 16.9 Å². The summed E-state index contributed by atoms with van der Waals surface area (Å²) in [5.74, 6) is 2.95. The van der Waals surface area contributed by atoms with E-state index >= 15 is 4.39 Å². The molecule has 1 atom stereocenters. The minimum absolute atomic E-state index is 0.0297. The van der Waals surface area contributed by atoms with Crippen LogP contribution in [0.5, 0.6) is 0 Å². The van der Waals surface area contributed by atoms with Gasteiger partial charge >= 0.3 is 0 Å². The largest absolute Gasteiger partial charge is 0.378 e. The van der Waals surface area contributed by atoms with Crippen LogP contribution in [0.3, 0.4) is 0 Å². The molecule has 0 fully saturated rings. The van der Waals surface area contributed by atoms with Crippen molar-refractivity contribution in [2.24, 2.45) is 0 Å². The average molecular weight is 493 g/mol. The van der Waals surface area contributed by atoms with E-state index in [1.807, 2.05) is 0 Å². The summed E-state index contributed by atoms with van der Waals surface area (Å²) in [5.41, 5.74) is 0.297. The molecule has 0 bridgehead atoms. The van der Waals surface area contributed by atoms with Gasteiger partial charge in [-0.05, 0) is 62.1 Å². The molecule has 3 heterocycles. The van der Waals surface area contributed by atoms with E-state index < -0.39 is 35.0 Å². The van der Waals surface area contributed by atoms with Gasteiger partial charge in [0, 0.05) is 36.5 Å². The van der Waals surface area contributed by atoms with Crippen LogP contribution in [0.4, 0.5) is 13.2 Å². The zero-order valence-corrected chi connectivity index (χ0v) is 19.8. The lowest BCUT2D eigenvalue weighted by Gasteiger charge is -2.21. The van der Waals surface area contributed by atoms with E-state index in [1.54, 1.807) is 24.4 Å². The molecule has 0 aliphatic rings. The minimum Gasteiger partial charge on any atom is -0.378 e. The fraction of sp³-hybridized carbons (Fsp3) is 0.222. The molecule has 1 aromatic carbocycles. The summed E-state index contributed by atoms with van der Waals surface area (Å²) in [6, 6.07) is 6.89. The number of carbonyl (C=O) groups is 1. The Morgan fingerprint density at radius 1 is 1.14 bits per heavy atom. The molecule has 36 heavy (non-hydrogen) atoms. The molecule has 9 heteroatoms. The third kappa shape index (κ3) is 5.73. The van der Waals surface area contributed by atoms with Crippen LogP contribution in [-0.2, 0) is 11.2 Å². The van der Waals surface area contributed by atoms with Crippen molar-refractivity contribution < 1.29 is 23.1 Å². The molecular formula is C27H23F3N4O2. The van der Waals surface area contributed by atoms with Crippen molar-refractivity contribution in [1.82, 2.24) is 20.3 Å². The summed E-state index contributed by atoms with van der Waals surface area (Å²) in [6.45, 7) is 4.33. The zero-order valence-electron chi connectivity index (χ0n) is 19.8. The van der Waals surface area contributed by atoms with Crippen LogP contribution in [0, 0.1) is 29.3 Å². The Morgan fingerprint density at radius 3 is 2.53 bits per heavy atom. The number of H-pyrrole nitrogens is 1. The average Bonchev–Trinajstić information content (AvgIpc) is 3.26. The van der Waals surface area contributed by atoms with Crippen LogP contribution >= 0.6 is 0 Å². The number of pyridine rings is 2. The zero-order chi connectivity index (χ0) is 26.0. The Bertz CT molecular complexity index is 1490. The van der Waals surface area contributed by atoms with Gasteiger partial charge in [-0.1, -0.05) is 5.92 Å². The first-order valence-corrected chi connectivity index (χ1v) is 11.1.